The molecule has 0 saturated carbocycles. The highest BCUT2D eigenvalue weighted by atomic mass is 16.7. The van der Waals surface area contributed by atoms with Gasteiger partial charge in [-0.2, -0.15) is 0 Å². The molecule has 0 aromatic carbocycles. The van der Waals surface area contributed by atoms with Crippen molar-refractivity contribution in [2.24, 2.45) is 0 Å². The number of carboxylic acids is 1. The number of aliphatic carboxylic acids is 1. The van der Waals surface area contributed by atoms with Gasteiger partial charge in [-0.3, -0.25) is 9.59 Å². The number of unbranched alkanes of at least 4 members (excludes halogenated alkanes) is 14. The molecule has 0 rings (SSSR count). The summed E-state index contributed by atoms with van der Waals surface area (Å²) in [5, 5.41) is 9.66. The number of nitrogens with zero attached hydrogens (tertiary/aromatic N) is 1. The number of carbonyl (C=O) groups is 3. The first-order chi connectivity index (χ1) is 31.6. The van der Waals surface area contributed by atoms with Gasteiger partial charge in [0.2, 0.25) is 0 Å². The van der Waals surface area contributed by atoms with Crippen LogP contribution in [0.4, 0.5) is 0 Å². The SMILES string of the molecule is CC/C=C\C/C=C\C/C=C\C/C=C\C/C=C\C/C=C\C/C=C\CCCCCC(=O)OC(COC(=O)CCCCCCC/C=C\CCCCCCCC)COC(OCC[N+](C)(C)C)C(=O)O. The van der Waals surface area contributed by atoms with Crippen molar-refractivity contribution in [3.8, 4) is 0 Å². The second-order valence-electron chi connectivity index (χ2n) is 17.7. The highest BCUT2D eigenvalue weighted by Gasteiger charge is 2.25. The smallest absolute Gasteiger partial charge is 0.361 e. The lowest BCUT2D eigenvalue weighted by Crippen LogP contribution is -2.40. The molecular weight excluding hydrogens is 815 g/mol. The summed E-state index contributed by atoms with van der Waals surface area (Å²) >= 11 is 0. The van der Waals surface area contributed by atoms with E-state index in [9.17, 15) is 19.5 Å². The summed E-state index contributed by atoms with van der Waals surface area (Å²) in [6, 6.07) is 0. The molecule has 0 radical (unpaired) electrons. The summed E-state index contributed by atoms with van der Waals surface area (Å²) in [7, 11) is 5.94. The van der Waals surface area contributed by atoms with Crippen LogP contribution in [0.25, 0.3) is 0 Å². The van der Waals surface area contributed by atoms with Crippen LogP contribution in [0.1, 0.15) is 181 Å². The molecule has 0 aliphatic heterocycles. The molecule has 0 bridgehead atoms. The van der Waals surface area contributed by atoms with Gasteiger partial charge in [0.05, 0.1) is 34.4 Å². The normalized spacial score (nSPS) is 13.7. The van der Waals surface area contributed by atoms with Crippen LogP contribution < -0.4 is 0 Å². The van der Waals surface area contributed by atoms with Gasteiger partial charge in [0.15, 0.2) is 6.10 Å². The van der Waals surface area contributed by atoms with Gasteiger partial charge in [-0.15, -0.1) is 0 Å². The van der Waals surface area contributed by atoms with Crippen molar-refractivity contribution in [1.29, 1.82) is 0 Å². The molecule has 9 heteroatoms. The monoisotopic (exact) mass is 909 g/mol. The summed E-state index contributed by atoms with van der Waals surface area (Å²) < 4.78 is 22.7. The van der Waals surface area contributed by atoms with E-state index in [1.165, 1.54) is 44.9 Å². The molecule has 65 heavy (non-hydrogen) atoms. The molecule has 370 valence electrons. The molecule has 0 fully saturated rings. The van der Waals surface area contributed by atoms with Crippen molar-refractivity contribution in [3.05, 3.63) is 97.2 Å². The van der Waals surface area contributed by atoms with Gasteiger partial charge in [0.1, 0.15) is 13.2 Å². The molecule has 0 saturated heterocycles. The molecule has 9 nitrogen and oxygen atoms in total. The molecule has 2 unspecified atom stereocenters. The molecule has 0 spiro atoms. The molecule has 0 aliphatic carbocycles. The Labute approximate surface area is 397 Å². The average Bonchev–Trinajstić information content (AvgIpc) is 3.27. The lowest BCUT2D eigenvalue weighted by atomic mass is 10.1. The molecule has 0 aromatic rings. The zero-order valence-electron chi connectivity index (χ0n) is 41.9. The van der Waals surface area contributed by atoms with E-state index in [-0.39, 0.29) is 38.6 Å². The lowest BCUT2D eigenvalue weighted by molar-refractivity contribution is -0.870. The quantitative estimate of drug-likeness (QED) is 0.0212. The van der Waals surface area contributed by atoms with Crippen molar-refractivity contribution in [2.75, 3.05) is 47.5 Å². The van der Waals surface area contributed by atoms with Gasteiger partial charge in [-0.1, -0.05) is 169 Å². The summed E-state index contributed by atoms with van der Waals surface area (Å²) in [4.78, 5) is 37.2. The summed E-state index contributed by atoms with van der Waals surface area (Å²) in [5.41, 5.74) is 0. The van der Waals surface area contributed by atoms with Crippen molar-refractivity contribution in [3.63, 3.8) is 0 Å². The van der Waals surface area contributed by atoms with E-state index in [2.05, 4.69) is 111 Å². The fraction of sp³-hybridized carbons (Fsp3) is 0.661. The molecule has 1 N–H and O–H groups in total. The molecular formula is C56H94NO8+. The second-order valence-corrected chi connectivity index (χ2v) is 17.7. The van der Waals surface area contributed by atoms with E-state index in [1.54, 1.807) is 0 Å². The fourth-order valence-electron chi connectivity index (χ4n) is 6.40. The Hall–Kier alpha value is -3.79. The van der Waals surface area contributed by atoms with Crippen LogP contribution in [-0.4, -0.2) is 87.4 Å². The highest BCUT2D eigenvalue weighted by Crippen LogP contribution is 2.12. The first-order valence-corrected chi connectivity index (χ1v) is 25.4. The number of allylic oxidation sites excluding steroid dienone is 16. The number of carbonyl (C=O) groups excluding carboxylic acids is 2. The van der Waals surface area contributed by atoms with Gasteiger partial charge in [0, 0.05) is 12.8 Å². The zero-order chi connectivity index (χ0) is 47.7. The Balaban J connectivity index is 4.46. The van der Waals surface area contributed by atoms with Crippen molar-refractivity contribution < 1.29 is 42.9 Å². The first kappa shape index (κ1) is 61.2. The Kier molecular flexibility index (Phi) is 44.0. The maximum Gasteiger partial charge on any atom is 0.361 e. The van der Waals surface area contributed by atoms with Crippen LogP contribution in [0.5, 0.6) is 0 Å². The maximum absolute atomic E-state index is 12.8. The lowest BCUT2D eigenvalue weighted by Gasteiger charge is -2.25. The number of rotatable bonds is 45. The summed E-state index contributed by atoms with van der Waals surface area (Å²) in [6.07, 6.45) is 59.0. The number of hydrogen-bond acceptors (Lipinski definition) is 7. The standard InChI is InChI=1S/C56H93NO8/c1-6-8-10-12-14-16-18-20-22-23-24-25-26-27-28-29-30-31-33-35-37-39-41-43-45-47-54(59)65-52(51-64-56(55(60)61)62-49-48-57(3,4)5)50-63-53(58)46-44-42-40-38-36-34-32-21-19-17-15-13-11-9-7-2/h8,10,14,16,20-22,24-25,27-28,30-32,35,37,52,56H,6-7,9,11-13,15,17-19,23,26,29,33-34,36,38-51H2,1-5H3/p+1/b10-8-,16-14-,22-20-,25-24-,28-27-,31-30-,32-21-,37-35-. The maximum atomic E-state index is 12.8. The van der Waals surface area contributed by atoms with E-state index in [0.29, 0.717) is 17.4 Å². The van der Waals surface area contributed by atoms with Crippen molar-refractivity contribution in [1.82, 2.24) is 0 Å². The molecule has 0 aliphatic rings. The topological polar surface area (TPSA) is 108 Å². The predicted octanol–water partition coefficient (Wildman–Crippen LogP) is 14.2. The fourth-order valence-corrected chi connectivity index (χ4v) is 6.40. The number of carboxylic acid groups (broad SMARTS) is 1. The van der Waals surface area contributed by atoms with Crippen LogP contribution in [0.2, 0.25) is 0 Å². The number of ether oxygens (including phenoxy) is 4. The minimum Gasteiger partial charge on any atom is -0.477 e. The highest BCUT2D eigenvalue weighted by molar-refractivity contribution is 5.71. The molecule has 0 amide bonds. The van der Waals surface area contributed by atoms with E-state index in [0.717, 1.165) is 103 Å². The summed E-state index contributed by atoms with van der Waals surface area (Å²) in [5.74, 6) is -2.08. The molecule has 2 atom stereocenters. The van der Waals surface area contributed by atoms with E-state index >= 15 is 0 Å². The minimum atomic E-state index is -1.53. The Bertz CT molecular complexity index is 1380. The number of esters is 2. The van der Waals surface area contributed by atoms with Gasteiger partial charge < -0.3 is 28.5 Å². The summed E-state index contributed by atoms with van der Waals surface area (Å²) in [6.45, 7) is 4.68. The Morgan fingerprint density at radius 3 is 1.34 bits per heavy atom. The third kappa shape index (κ3) is 48.0. The van der Waals surface area contributed by atoms with Gasteiger partial charge >= 0.3 is 17.9 Å². The number of hydrogen-bond donors (Lipinski definition) is 1. The largest absolute Gasteiger partial charge is 0.477 e. The van der Waals surface area contributed by atoms with Gasteiger partial charge in [-0.25, -0.2) is 4.79 Å². The average molecular weight is 909 g/mol. The third-order valence-corrected chi connectivity index (χ3v) is 10.3. The van der Waals surface area contributed by atoms with E-state index in [4.69, 9.17) is 18.9 Å². The van der Waals surface area contributed by atoms with Gasteiger partial charge in [0.25, 0.3) is 6.29 Å². The zero-order valence-corrected chi connectivity index (χ0v) is 41.9. The first-order valence-electron chi connectivity index (χ1n) is 25.4. The minimum absolute atomic E-state index is 0.174. The van der Waals surface area contributed by atoms with Crippen LogP contribution >= 0.6 is 0 Å². The van der Waals surface area contributed by atoms with Crippen molar-refractivity contribution >= 4 is 17.9 Å². The second kappa shape index (κ2) is 46.7. The van der Waals surface area contributed by atoms with Crippen LogP contribution in [0.15, 0.2) is 97.2 Å². The van der Waals surface area contributed by atoms with Gasteiger partial charge in [-0.05, 0) is 96.3 Å². The Morgan fingerprint density at radius 2 is 0.877 bits per heavy atom. The van der Waals surface area contributed by atoms with E-state index < -0.39 is 24.3 Å². The number of likely N-dealkylation sites (N-methyl/N-ethyl adjacent to an activating group) is 1. The number of quaternary nitrogens is 1. The third-order valence-electron chi connectivity index (χ3n) is 10.3. The van der Waals surface area contributed by atoms with Crippen LogP contribution in [0, 0.1) is 0 Å². The van der Waals surface area contributed by atoms with Crippen molar-refractivity contribution in [2.45, 2.75) is 193 Å². The van der Waals surface area contributed by atoms with Crippen LogP contribution in [0.3, 0.4) is 0 Å². The predicted molar refractivity (Wildman–Crippen MR) is 272 cm³/mol. The molecule has 0 heterocycles. The Morgan fingerprint density at radius 1 is 0.477 bits per heavy atom. The van der Waals surface area contributed by atoms with E-state index in [1.807, 2.05) is 21.1 Å². The van der Waals surface area contributed by atoms with Crippen LogP contribution in [-0.2, 0) is 33.3 Å². The molecule has 0 aromatic heterocycles.